The summed E-state index contributed by atoms with van der Waals surface area (Å²) in [6, 6.07) is 9.16. The van der Waals surface area contributed by atoms with Gasteiger partial charge in [-0.05, 0) is 37.6 Å². The van der Waals surface area contributed by atoms with Crippen LogP contribution in [0.2, 0.25) is 0 Å². The number of hydrogen-bond donors (Lipinski definition) is 2. The van der Waals surface area contributed by atoms with E-state index in [9.17, 15) is 0 Å². The van der Waals surface area contributed by atoms with Crippen LogP contribution in [-0.2, 0) is 5.67 Å². The molecule has 0 amide bonds. The third-order valence-corrected chi connectivity index (χ3v) is 5.38. The first-order valence-corrected chi connectivity index (χ1v) is 9.62. The van der Waals surface area contributed by atoms with Gasteiger partial charge in [-0.1, -0.05) is 6.07 Å². The molecule has 0 spiro atoms. The summed E-state index contributed by atoms with van der Waals surface area (Å²) in [6.07, 6.45) is 3.79. The van der Waals surface area contributed by atoms with Gasteiger partial charge in [0.1, 0.15) is 29.1 Å². The van der Waals surface area contributed by atoms with E-state index in [2.05, 4.69) is 30.4 Å². The van der Waals surface area contributed by atoms with Crippen molar-refractivity contribution in [3.05, 3.63) is 47.9 Å². The molecule has 8 nitrogen and oxygen atoms in total. The van der Waals surface area contributed by atoms with Crippen LogP contribution in [0.5, 0.6) is 5.75 Å². The molecular weight excluding hydrogens is 385 g/mol. The summed E-state index contributed by atoms with van der Waals surface area (Å²) >= 11 is 0. The van der Waals surface area contributed by atoms with E-state index >= 15 is 4.39 Å². The van der Waals surface area contributed by atoms with Crippen molar-refractivity contribution in [2.24, 2.45) is 0 Å². The summed E-state index contributed by atoms with van der Waals surface area (Å²) < 4.78 is 21.0. The summed E-state index contributed by atoms with van der Waals surface area (Å²) in [5, 5.41) is 19.1. The fourth-order valence-corrected chi connectivity index (χ4v) is 3.56. The average molecular weight is 407 g/mol. The van der Waals surface area contributed by atoms with Crippen molar-refractivity contribution < 1.29 is 9.13 Å². The standard InChI is InChI=1S/C21H22FN7O/c1-29-7-5-21(22,6-8-29)14-3-4-16(18(9-14)30-2)17-10-19(28-27-17)26-20-13-24-15(11-23)12-25-20/h3-4,9-10,12-13H,5-8H2,1-2H3,(H2,25,26,27,28). The number of rotatable bonds is 5. The van der Waals surface area contributed by atoms with Crippen LogP contribution in [0.4, 0.5) is 16.0 Å². The van der Waals surface area contributed by atoms with Crippen LogP contribution in [-0.4, -0.2) is 52.3 Å². The molecule has 4 rings (SSSR count). The Balaban J connectivity index is 1.56. The average Bonchev–Trinajstić information content (AvgIpc) is 3.24. The third kappa shape index (κ3) is 3.95. The zero-order chi connectivity index (χ0) is 21.1. The number of halogens is 1. The fourth-order valence-electron chi connectivity index (χ4n) is 3.56. The highest BCUT2D eigenvalue weighted by Gasteiger charge is 2.36. The Morgan fingerprint density at radius 3 is 2.70 bits per heavy atom. The Labute approximate surface area is 173 Å². The van der Waals surface area contributed by atoms with Crippen LogP contribution in [0.3, 0.4) is 0 Å². The topological polar surface area (TPSA) is 103 Å². The van der Waals surface area contributed by atoms with E-state index in [4.69, 9.17) is 10.00 Å². The second-order valence-electron chi connectivity index (χ2n) is 7.37. The second-order valence-corrected chi connectivity index (χ2v) is 7.37. The van der Waals surface area contributed by atoms with E-state index in [0.29, 0.717) is 41.5 Å². The molecule has 1 saturated heterocycles. The van der Waals surface area contributed by atoms with Gasteiger partial charge in [0.25, 0.3) is 0 Å². The van der Waals surface area contributed by atoms with Gasteiger partial charge in [0.2, 0.25) is 0 Å². The molecular formula is C21H22FN7O. The lowest BCUT2D eigenvalue weighted by Crippen LogP contribution is -2.38. The lowest BCUT2D eigenvalue weighted by Gasteiger charge is -2.35. The van der Waals surface area contributed by atoms with Crippen molar-refractivity contribution in [1.29, 1.82) is 5.26 Å². The summed E-state index contributed by atoms with van der Waals surface area (Å²) in [5.41, 5.74) is 0.945. The molecule has 1 aromatic carbocycles. The van der Waals surface area contributed by atoms with Gasteiger partial charge < -0.3 is 15.0 Å². The summed E-state index contributed by atoms with van der Waals surface area (Å²) in [7, 11) is 3.58. The lowest BCUT2D eigenvalue weighted by molar-refractivity contribution is 0.0672. The smallest absolute Gasteiger partial charge is 0.158 e. The van der Waals surface area contributed by atoms with Gasteiger partial charge in [-0.3, -0.25) is 5.10 Å². The molecule has 3 aromatic rings. The first-order chi connectivity index (χ1) is 14.5. The molecule has 2 N–H and O–H groups in total. The highest BCUT2D eigenvalue weighted by atomic mass is 19.1. The highest BCUT2D eigenvalue weighted by Crippen LogP contribution is 2.40. The van der Waals surface area contributed by atoms with Gasteiger partial charge in [0, 0.05) is 24.7 Å². The second kappa shape index (κ2) is 8.08. The van der Waals surface area contributed by atoms with Crippen molar-refractivity contribution in [2.75, 3.05) is 32.6 Å². The largest absolute Gasteiger partial charge is 0.496 e. The van der Waals surface area contributed by atoms with Gasteiger partial charge in [0.05, 0.1) is 25.2 Å². The molecule has 3 heterocycles. The zero-order valence-corrected chi connectivity index (χ0v) is 16.8. The maximum Gasteiger partial charge on any atom is 0.158 e. The van der Waals surface area contributed by atoms with Crippen molar-refractivity contribution in [3.8, 4) is 23.1 Å². The molecule has 2 aromatic heterocycles. The van der Waals surface area contributed by atoms with E-state index in [0.717, 1.165) is 18.7 Å². The minimum atomic E-state index is -1.34. The molecule has 0 radical (unpaired) electrons. The molecule has 0 saturated carbocycles. The van der Waals surface area contributed by atoms with Crippen molar-refractivity contribution >= 4 is 11.6 Å². The maximum absolute atomic E-state index is 15.5. The molecule has 30 heavy (non-hydrogen) atoms. The van der Waals surface area contributed by atoms with E-state index in [1.807, 2.05) is 25.2 Å². The predicted molar refractivity (Wildman–Crippen MR) is 110 cm³/mol. The molecule has 154 valence electrons. The number of hydrogen-bond acceptors (Lipinski definition) is 7. The van der Waals surface area contributed by atoms with Crippen LogP contribution >= 0.6 is 0 Å². The van der Waals surface area contributed by atoms with Gasteiger partial charge in [-0.25, -0.2) is 14.4 Å². The number of anilines is 2. The lowest BCUT2D eigenvalue weighted by atomic mass is 9.85. The van der Waals surface area contributed by atoms with Gasteiger partial charge >= 0.3 is 0 Å². The molecule has 0 unspecified atom stereocenters. The molecule has 1 aliphatic heterocycles. The number of nitrogens with zero attached hydrogens (tertiary/aromatic N) is 5. The van der Waals surface area contributed by atoms with Crippen LogP contribution in [0, 0.1) is 11.3 Å². The molecule has 0 aliphatic carbocycles. The minimum Gasteiger partial charge on any atom is -0.496 e. The van der Waals surface area contributed by atoms with Crippen molar-refractivity contribution in [1.82, 2.24) is 25.1 Å². The normalized spacial score (nSPS) is 16.1. The number of aromatic nitrogens is 4. The summed E-state index contributed by atoms with van der Waals surface area (Å²) in [4.78, 5) is 10.2. The third-order valence-electron chi connectivity index (χ3n) is 5.38. The van der Waals surface area contributed by atoms with Crippen LogP contribution < -0.4 is 10.1 Å². The SMILES string of the molecule is COc1cc(C2(F)CCN(C)CC2)ccc1-c1cc(Nc2cnc(C#N)cn2)[nH]n1. The number of H-pyrrole nitrogens is 1. The Hall–Kier alpha value is -3.51. The van der Waals surface area contributed by atoms with Crippen LogP contribution in [0.1, 0.15) is 24.1 Å². The molecule has 9 heteroatoms. The number of aromatic amines is 1. The van der Waals surface area contributed by atoms with Crippen LogP contribution in [0.25, 0.3) is 11.3 Å². The number of nitriles is 1. The first kappa shape index (κ1) is 19.8. The number of alkyl halides is 1. The van der Waals surface area contributed by atoms with E-state index in [-0.39, 0.29) is 5.69 Å². The Kier molecular flexibility index (Phi) is 5.33. The van der Waals surface area contributed by atoms with Gasteiger partial charge in [-0.15, -0.1) is 0 Å². The van der Waals surface area contributed by atoms with Gasteiger partial charge in [-0.2, -0.15) is 10.4 Å². The Morgan fingerprint density at radius 1 is 1.23 bits per heavy atom. The Morgan fingerprint density at radius 2 is 2.03 bits per heavy atom. The Bertz CT molecular complexity index is 1070. The fraction of sp³-hybridized carbons (Fsp3) is 0.333. The monoisotopic (exact) mass is 407 g/mol. The number of nitrogens with one attached hydrogen (secondary N) is 2. The number of piperidine rings is 1. The van der Waals surface area contributed by atoms with E-state index in [1.54, 1.807) is 19.2 Å². The molecule has 1 fully saturated rings. The number of ether oxygens (including phenoxy) is 1. The summed E-state index contributed by atoms with van der Waals surface area (Å²) in [6.45, 7) is 1.46. The molecule has 0 bridgehead atoms. The molecule has 0 atom stereocenters. The minimum absolute atomic E-state index is 0.242. The number of likely N-dealkylation sites (tertiary alicyclic amines) is 1. The quantitative estimate of drug-likeness (QED) is 0.668. The molecule has 1 aliphatic rings. The van der Waals surface area contributed by atoms with Crippen molar-refractivity contribution in [2.45, 2.75) is 18.5 Å². The van der Waals surface area contributed by atoms with E-state index in [1.165, 1.54) is 12.4 Å². The highest BCUT2D eigenvalue weighted by molar-refractivity contribution is 5.71. The predicted octanol–water partition coefficient (Wildman–Crippen LogP) is 3.38. The van der Waals surface area contributed by atoms with Crippen molar-refractivity contribution in [3.63, 3.8) is 0 Å². The first-order valence-electron chi connectivity index (χ1n) is 9.62. The number of methoxy groups -OCH3 is 1. The number of benzene rings is 1. The summed E-state index contributed by atoms with van der Waals surface area (Å²) in [5.74, 6) is 1.65. The van der Waals surface area contributed by atoms with E-state index < -0.39 is 5.67 Å². The van der Waals surface area contributed by atoms with Gasteiger partial charge in [0.15, 0.2) is 5.69 Å². The maximum atomic E-state index is 15.5. The zero-order valence-electron chi connectivity index (χ0n) is 16.8. The van der Waals surface area contributed by atoms with Crippen LogP contribution in [0.15, 0.2) is 36.7 Å².